The first-order valence-corrected chi connectivity index (χ1v) is 22.5. The molecule has 2 aromatic rings. The van der Waals surface area contributed by atoms with Gasteiger partial charge in [0.25, 0.3) is 0 Å². The monoisotopic (exact) mass is 870 g/mol. The lowest BCUT2D eigenvalue weighted by Gasteiger charge is -2.63. The second-order valence-corrected chi connectivity index (χ2v) is 19.5. The van der Waals surface area contributed by atoms with E-state index in [0.29, 0.717) is 35.7 Å². The van der Waals surface area contributed by atoms with Crippen LogP contribution in [-0.2, 0) is 20.7 Å². The number of aliphatic hydroxyl groups excluding tert-OH is 1. The predicted molar refractivity (Wildman–Crippen MR) is 233 cm³/mol. The first-order valence-electron chi connectivity index (χ1n) is 20.5. The van der Waals surface area contributed by atoms with E-state index in [1.54, 1.807) is 18.7 Å². The molecule has 7 aliphatic rings. The molecule has 9 rings (SSSR count). The number of hydrogen-bond acceptors (Lipinski definition) is 9. The number of para-hydroxylation sites is 1. The number of aliphatic hydroxyl groups is 1. The van der Waals surface area contributed by atoms with Crippen LogP contribution < -0.4 is 19.5 Å². The summed E-state index contributed by atoms with van der Waals surface area (Å²) in [7, 11) is 0. The minimum absolute atomic E-state index is 0.0110. The summed E-state index contributed by atoms with van der Waals surface area (Å²) in [4.78, 5) is 35.3. The number of carbonyl (C=O) groups is 2. The molecule has 1 saturated heterocycles. The van der Waals surface area contributed by atoms with Crippen LogP contribution in [0.15, 0.2) is 75.2 Å². The summed E-state index contributed by atoms with van der Waals surface area (Å²) < 4.78 is 29.0. The van der Waals surface area contributed by atoms with Crippen LogP contribution in [0.1, 0.15) is 97.8 Å². The number of ether oxygens (including phenoxy) is 4. The van der Waals surface area contributed by atoms with Gasteiger partial charge in [-0.2, -0.15) is 0 Å². The third kappa shape index (κ3) is 6.36. The smallest absolute Gasteiger partial charge is 0.246 e. The molecule has 11 heteroatoms. The zero-order valence-electron chi connectivity index (χ0n) is 34.8. The van der Waals surface area contributed by atoms with Gasteiger partial charge in [0.1, 0.15) is 28.4 Å². The van der Waals surface area contributed by atoms with Crippen LogP contribution in [-0.4, -0.2) is 68.8 Å². The third-order valence-electron chi connectivity index (χ3n) is 13.0. The van der Waals surface area contributed by atoms with Crippen molar-refractivity contribution in [1.82, 2.24) is 5.32 Å². The average molecular weight is 872 g/mol. The maximum Gasteiger partial charge on any atom is 0.246 e. The van der Waals surface area contributed by atoms with Gasteiger partial charge in [-0.3, -0.25) is 14.6 Å². The van der Waals surface area contributed by atoms with Gasteiger partial charge in [-0.05, 0) is 121 Å². The van der Waals surface area contributed by atoms with E-state index in [0.717, 1.165) is 51.4 Å². The van der Waals surface area contributed by atoms with Crippen molar-refractivity contribution >= 4 is 56.9 Å². The Hall–Kier alpha value is -3.64. The van der Waals surface area contributed by atoms with Crippen LogP contribution >= 0.6 is 27.7 Å². The Morgan fingerprint density at radius 1 is 1.07 bits per heavy atom. The number of Topliss-reactive ketones (excluding diaryl/α,β-unsaturated/α-hetero) is 1. The lowest BCUT2D eigenvalue weighted by Crippen LogP contribution is -2.79. The number of rotatable bonds is 12. The summed E-state index contributed by atoms with van der Waals surface area (Å²) in [6, 6.07) is 8.19. The van der Waals surface area contributed by atoms with Crippen molar-refractivity contribution in [2.45, 2.75) is 120 Å². The SMILES string of the molecule is CC(C)=CCCC1(C)C=Cc2c(c(CC=C(C)C)c3c(c2OCBr)C2=Nc4ccccc4SC4C5CC6C(C)(C)OC(CC=C(C)C(=O)NCCO)(C5=O)C6(O3)C24)O1. The fourth-order valence-corrected chi connectivity index (χ4v) is 12.2. The molecule has 1 spiro atoms. The molecule has 0 radical (unpaired) electrons. The summed E-state index contributed by atoms with van der Waals surface area (Å²) in [5.74, 6) is 0.748. The maximum absolute atomic E-state index is 15.5. The van der Waals surface area contributed by atoms with Gasteiger partial charge >= 0.3 is 0 Å². The topological polar surface area (TPSA) is 116 Å². The highest BCUT2D eigenvalue weighted by Gasteiger charge is 2.85. The van der Waals surface area contributed by atoms with E-state index in [9.17, 15) is 9.90 Å². The minimum atomic E-state index is -1.43. The quantitative estimate of drug-likeness (QED) is 0.123. The largest absolute Gasteiger partial charge is 0.482 e. The molecule has 4 aliphatic heterocycles. The van der Waals surface area contributed by atoms with Gasteiger partial charge in [0.2, 0.25) is 5.91 Å². The fourth-order valence-electron chi connectivity index (χ4n) is 10.5. The first kappa shape index (κ1) is 41.1. The molecule has 4 fully saturated rings. The number of fused-ring (bicyclic) bond motifs is 4. The van der Waals surface area contributed by atoms with E-state index in [1.165, 1.54) is 5.57 Å². The van der Waals surface area contributed by atoms with Crippen LogP contribution in [0.3, 0.4) is 0 Å². The lowest BCUT2D eigenvalue weighted by molar-refractivity contribution is -0.196. The molecule has 7 unspecified atom stereocenters. The summed E-state index contributed by atoms with van der Waals surface area (Å²) in [6.07, 6.45) is 13.5. The van der Waals surface area contributed by atoms with Gasteiger partial charge in [-0.15, -0.1) is 11.8 Å². The highest BCUT2D eigenvalue weighted by Crippen LogP contribution is 2.73. The summed E-state index contributed by atoms with van der Waals surface area (Å²) in [5.41, 5.74) is 3.31. The van der Waals surface area contributed by atoms with Gasteiger partial charge in [0, 0.05) is 46.1 Å². The molecule has 0 aromatic heterocycles. The van der Waals surface area contributed by atoms with E-state index in [-0.39, 0.29) is 59.8 Å². The number of amides is 1. The predicted octanol–water partition coefficient (Wildman–Crippen LogP) is 9.39. The Morgan fingerprint density at radius 2 is 1.83 bits per heavy atom. The molecule has 58 heavy (non-hydrogen) atoms. The second kappa shape index (κ2) is 15.1. The van der Waals surface area contributed by atoms with Crippen LogP contribution in [0.2, 0.25) is 0 Å². The fraction of sp³-hybridized carbons (Fsp3) is 0.511. The number of ketones is 1. The Morgan fingerprint density at radius 3 is 2.55 bits per heavy atom. The number of halogens is 1. The normalized spacial score (nSPS) is 30.3. The highest BCUT2D eigenvalue weighted by molar-refractivity contribution is 9.09. The van der Waals surface area contributed by atoms with Crippen LogP contribution in [0.25, 0.3) is 6.08 Å². The highest BCUT2D eigenvalue weighted by atomic mass is 79.9. The maximum atomic E-state index is 15.5. The average Bonchev–Trinajstić information content (AvgIpc) is 3.26. The number of thioether (sulfide) groups is 1. The van der Waals surface area contributed by atoms with Crippen molar-refractivity contribution in [3.8, 4) is 17.2 Å². The van der Waals surface area contributed by atoms with E-state index in [1.807, 2.05) is 18.2 Å². The standard InChI is InChI=1S/C47H55BrN2O7S/c1-26(2)12-11-19-45(8)20-18-30-38(55-45)29(16-15-27(3)4)40-35(39(30)54-25-48)37-36-41(58-33-14-10-9-13-32(33)50-37)31-24-34-44(6,7)57-46(42(31)52,47(34,36)56-40)21-17-28(5)43(53)49-22-23-51/h9-10,12-15,17-18,20,31,34,36,41,51H,11,16,19,21-25H2,1-8H3,(H,49,53). The summed E-state index contributed by atoms with van der Waals surface area (Å²) in [6.45, 7) is 16.4. The number of allylic oxidation sites excluding steroid dienone is 4. The second-order valence-electron chi connectivity index (χ2n) is 17.8. The van der Waals surface area contributed by atoms with Gasteiger partial charge in [-0.1, -0.05) is 41.5 Å². The Labute approximate surface area is 354 Å². The lowest BCUT2D eigenvalue weighted by atomic mass is 9.46. The third-order valence-corrected chi connectivity index (χ3v) is 14.7. The minimum Gasteiger partial charge on any atom is -0.482 e. The molecule has 3 saturated carbocycles. The number of alkyl halides is 1. The Kier molecular flexibility index (Phi) is 10.7. The number of hydrogen-bond donors (Lipinski definition) is 2. The molecule has 2 aromatic carbocycles. The van der Waals surface area contributed by atoms with Crippen LogP contribution in [0, 0.1) is 17.8 Å². The first-order chi connectivity index (χ1) is 27.6. The molecular weight excluding hydrogens is 816 g/mol. The molecule has 1 amide bonds. The van der Waals surface area contributed by atoms with E-state index in [2.05, 4.69) is 106 Å². The zero-order chi connectivity index (χ0) is 41.4. The van der Waals surface area contributed by atoms with Gasteiger partial charge in [0.15, 0.2) is 17.0 Å². The van der Waals surface area contributed by atoms with Gasteiger partial charge < -0.3 is 29.4 Å². The summed E-state index contributed by atoms with van der Waals surface area (Å²) in [5, 5.41) is 12.0. The molecule has 9 nitrogen and oxygen atoms in total. The van der Waals surface area contributed by atoms with E-state index >= 15 is 4.79 Å². The van der Waals surface area contributed by atoms with Crippen molar-refractivity contribution in [2.24, 2.45) is 22.7 Å². The number of nitrogens with one attached hydrogen (secondary N) is 1. The van der Waals surface area contributed by atoms with Crippen LogP contribution in [0.5, 0.6) is 17.2 Å². The van der Waals surface area contributed by atoms with Crippen molar-refractivity contribution in [1.29, 1.82) is 0 Å². The molecular formula is C47H55BrN2O7S. The molecule has 4 heterocycles. The number of carbonyl (C=O) groups excluding carboxylic acids is 2. The van der Waals surface area contributed by atoms with Gasteiger partial charge in [-0.25, -0.2) is 0 Å². The summed E-state index contributed by atoms with van der Waals surface area (Å²) >= 11 is 5.33. The number of aliphatic imine (C=N–C) groups is 1. The molecule has 4 bridgehead atoms. The number of nitrogens with zero attached hydrogens (tertiary/aromatic N) is 1. The van der Waals surface area contributed by atoms with Crippen molar-refractivity contribution in [3.63, 3.8) is 0 Å². The Bertz CT molecular complexity index is 2220. The number of benzene rings is 2. The van der Waals surface area contributed by atoms with Crippen molar-refractivity contribution in [3.05, 3.63) is 82.0 Å². The molecule has 2 N–H and O–H groups in total. The molecule has 308 valence electrons. The van der Waals surface area contributed by atoms with Crippen molar-refractivity contribution < 1.29 is 33.6 Å². The molecule has 7 atom stereocenters. The Balaban J connectivity index is 1.43. The van der Waals surface area contributed by atoms with Crippen molar-refractivity contribution in [2.75, 3.05) is 18.7 Å². The van der Waals surface area contributed by atoms with E-state index < -0.39 is 22.4 Å². The van der Waals surface area contributed by atoms with E-state index in [4.69, 9.17) is 23.9 Å². The zero-order valence-corrected chi connectivity index (χ0v) is 37.2. The van der Waals surface area contributed by atoms with Gasteiger partial charge in [0.05, 0.1) is 40.7 Å². The van der Waals surface area contributed by atoms with Crippen LogP contribution in [0.4, 0.5) is 5.69 Å². The molecule has 3 aliphatic carbocycles.